The van der Waals surface area contributed by atoms with Gasteiger partial charge in [0.25, 0.3) is 0 Å². The summed E-state index contributed by atoms with van der Waals surface area (Å²) in [5, 5.41) is 4.45. The van der Waals surface area contributed by atoms with Crippen LogP contribution >= 0.6 is 11.3 Å². The molecule has 0 spiro atoms. The Kier molecular flexibility index (Phi) is 3.61. The van der Waals surface area contributed by atoms with Crippen LogP contribution in [0.25, 0.3) is 0 Å². The van der Waals surface area contributed by atoms with E-state index < -0.39 is 9.84 Å². The smallest absolute Gasteiger partial charge is 0.150 e. The van der Waals surface area contributed by atoms with Crippen LogP contribution in [-0.2, 0) is 16.4 Å². The van der Waals surface area contributed by atoms with E-state index in [4.69, 9.17) is 0 Å². The second-order valence-electron chi connectivity index (χ2n) is 4.17. The largest absolute Gasteiger partial charge is 0.308 e. The number of nitrogens with one attached hydrogen (secondary N) is 1. The van der Waals surface area contributed by atoms with E-state index in [2.05, 4.69) is 10.3 Å². The highest BCUT2D eigenvalue weighted by atomic mass is 32.2. The predicted octanol–water partition coefficient (Wildman–Crippen LogP) is 1.12. The van der Waals surface area contributed by atoms with Crippen LogP contribution in [0.4, 0.5) is 0 Å². The fourth-order valence-corrected chi connectivity index (χ4v) is 4.04. The first-order valence-corrected chi connectivity index (χ1v) is 8.04. The minimum absolute atomic E-state index is 0.321. The number of thiazole rings is 1. The Bertz CT molecular complexity index is 439. The highest BCUT2D eigenvalue weighted by Crippen LogP contribution is 2.14. The molecule has 90 valence electrons. The van der Waals surface area contributed by atoms with Gasteiger partial charge in [-0.2, -0.15) is 0 Å². The summed E-state index contributed by atoms with van der Waals surface area (Å²) >= 11 is 1.68. The van der Waals surface area contributed by atoms with E-state index in [1.165, 1.54) is 4.88 Å². The van der Waals surface area contributed by atoms with Crippen molar-refractivity contribution in [3.8, 4) is 0 Å². The maximum absolute atomic E-state index is 11.2. The van der Waals surface area contributed by atoms with Crippen molar-refractivity contribution in [1.82, 2.24) is 10.3 Å². The standard InChI is InChI=1S/C10H16N2O2S2/c1-8-6-12-10(15-8)7-11-9-2-4-16(13,14)5-3-9/h6,9,11H,2-5,7H2,1H3. The summed E-state index contributed by atoms with van der Waals surface area (Å²) in [7, 11) is -2.75. The molecule has 2 rings (SSSR count). The van der Waals surface area contributed by atoms with Crippen molar-refractivity contribution in [2.24, 2.45) is 0 Å². The monoisotopic (exact) mass is 260 g/mol. The van der Waals surface area contributed by atoms with Crippen LogP contribution in [0.3, 0.4) is 0 Å². The Labute approximate surface area is 100 Å². The van der Waals surface area contributed by atoms with E-state index in [1.807, 2.05) is 13.1 Å². The maximum atomic E-state index is 11.2. The Morgan fingerprint density at radius 3 is 2.75 bits per heavy atom. The summed E-state index contributed by atoms with van der Waals surface area (Å²) < 4.78 is 22.5. The highest BCUT2D eigenvalue weighted by Gasteiger charge is 2.23. The summed E-state index contributed by atoms with van der Waals surface area (Å²) in [6.45, 7) is 2.79. The zero-order valence-corrected chi connectivity index (χ0v) is 10.9. The maximum Gasteiger partial charge on any atom is 0.150 e. The third-order valence-electron chi connectivity index (χ3n) is 2.77. The predicted molar refractivity (Wildman–Crippen MR) is 65.4 cm³/mol. The van der Waals surface area contributed by atoms with Crippen LogP contribution in [0, 0.1) is 6.92 Å². The van der Waals surface area contributed by atoms with Crippen molar-refractivity contribution in [3.05, 3.63) is 16.1 Å². The molecule has 0 amide bonds. The van der Waals surface area contributed by atoms with E-state index >= 15 is 0 Å². The van der Waals surface area contributed by atoms with E-state index in [0.717, 1.165) is 24.4 Å². The Morgan fingerprint density at radius 2 is 2.19 bits per heavy atom. The molecule has 16 heavy (non-hydrogen) atoms. The molecule has 0 bridgehead atoms. The molecule has 1 saturated heterocycles. The van der Waals surface area contributed by atoms with Gasteiger partial charge in [0.1, 0.15) is 14.8 Å². The second kappa shape index (κ2) is 4.81. The molecule has 4 nitrogen and oxygen atoms in total. The Hall–Kier alpha value is -0.460. The lowest BCUT2D eigenvalue weighted by atomic mass is 10.1. The van der Waals surface area contributed by atoms with Crippen LogP contribution in [0.15, 0.2) is 6.20 Å². The lowest BCUT2D eigenvalue weighted by molar-refractivity contribution is 0.462. The summed E-state index contributed by atoms with van der Waals surface area (Å²) in [6, 6.07) is 0.327. The first-order valence-electron chi connectivity index (χ1n) is 5.40. The Morgan fingerprint density at radius 1 is 1.50 bits per heavy atom. The first-order chi connectivity index (χ1) is 7.55. The SMILES string of the molecule is Cc1cnc(CNC2CCS(=O)(=O)CC2)s1. The minimum Gasteiger partial charge on any atom is -0.308 e. The number of sulfone groups is 1. The molecule has 0 saturated carbocycles. The highest BCUT2D eigenvalue weighted by molar-refractivity contribution is 7.91. The lowest BCUT2D eigenvalue weighted by Gasteiger charge is -2.22. The van der Waals surface area contributed by atoms with Gasteiger partial charge in [-0.15, -0.1) is 11.3 Å². The third-order valence-corrected chi connectivity index (χ3v) is 5.39. The average Bonchev–Trinajstić information content (AvgIpc) is 2.63. The van der Waals surface area contributed by atoms with Crippen LogP contribution < -0.4 is 5.32 Å². The normalized spacial score (nSPS) is 21.1. The van der Waals surface area contributed by atoms with Crippen LogP contribution in [0.2, 0.25) is 0 Å². The van der Waals surface area contributed by atoms with Crippen LogP contribution in [-0.4, -0.2) is 30.9 Å². The molecule has 1 aliphatic heterocycles. The molecule has 0 atom stereocenters. The van der Waals surface area contributed by atoms with E-state index in [9.17, 15) is 8.42 Å². The number of nitrogens with zero attached hydrogens (tertiary/aromatic N) is 1. The first kappa shape index (κ1) is 12.0. The number of hydrogen-bond donors (Lipinski definition) is 1. The van der Waals surface area contributed by atoms with Gasteiger partial charge in [0.05, 0.1) is 11.5 Å². The van der Waals surface area contributed by atoms with Gasteiger partial charge in [-0.1, -0.05) is 0 Å². The lowest BCUT2D eigenvalue weighted by Crippen LogP contribution is -2.37. The summed E-state index contributed by atoms with van der Waals surface area (Å²) in [4.78, 5) is 5.48. The van der Waals surface area contributed by atoms with Crippen molar-refractivity contribution < 1.29 is 8.42 Å². The molecule has 1 fully saturated rings. The molecule has 1 aliphatic rings. The quantitative estimate of drug-likeness (QED) is 0.884. The van der Waals surface area contributed by atoms with Gasteiger partial charge in [0.2, 0.25) is 0 Å². The zero-order chi connectivity index (χ0) is 11.6. The molecule has 0 unspecified atom stereocenters. The fourth-order valence-electron chi connectivity index (χ4n) is 1.81. The molecule has 2 heterocycles. The van der Waals surface area contributed by atoms with Gasteiger partial charge < -0.3 is 5.32 Å². The zero-order valence-electron chi connectivity index (χ0n) is 9.27. The van der Waals surface area contributed by atoms with Gasteiger partial charge in [-0.25, -0.2) is 13.4 Å². The summed E-state index contributed by atoms with van der Waals surface area (Å²) in [6.07, 6.45) is 3.33. The van der Waals surface area contributed by atoms with E-state index in [0.29, 0.717) is 17.5 Å². The van der Waals surface area contributed by atoms with E-state index in [1.54, 1.807) is 11.3 Å². The molecule has 0 aromatic carbocycles. The third kappa shape index (κ3) is 3.26. The molecule has 1 aromatic rings. The molecule has 0 aliphatic carbocycles. The van der Waals surface area contributed by atoms with Crippen molar-refractivity contribution >= 4 is 21.2 Å². The van der Waals surface area contributed by atoms with Crippen molar-refractivity contribution in [1.29, 1.82) is 0 Å². The minimum atomic E-state index is -2.75. The molecule has 0 radical (unpaired) electrons. The number of aryl methyl sites for hydroxylation is 1. The van der Waals surface area contributed by atoms with Crippen LogP contribution in [0.5, 0.6) is 0 Å². The van der Waals surface area contributed by atoms with Gasteiger partial charge in [0, 0.05) is 23.7 Å². The summed E-state index contributed by atoms with van der Waals surface area (Å²) in [5.41, 5.74) is 0. The Balaban J connectivity index is 1.80. The van der Waals surface area contributed by atoms with Gasteiger partial charge in [-0.05, 0) is 19.8 Å². The average molecular weight is 260 g/mol. The second-order valence-corrected chi connectivity index (χ2v) is 7.79. The molecular formula is C10H16N2O2S2. The summed E-state index contributed by atoms with van der Waals surface area (Å²) in [5.74, 6) is 0.642. The van der Waals surface area contributed by atoms with Crippen molar-refractivity contribution in [3.63, 3.8) is 0 Å². The number of hydrogen-bond acceptors (Lipinski definition) is 5. The van der Waals surface area contributed by atoms with Crippen molar-refractivity contribution in [2.75, 3.05) is 11.5 Å². The van der Waals surface area contributed by atoms with Crippen LogP contribution in [0.1, 0.15) is 22.7 Å². The number of rotatable bonds is 3. The van der Waals surface area contributed by atoms with E-state index in [-0.39, 0.29) is 0 Å². The molecule has 1 N–H and O–H groups in total. The van der Waals surface area contributed by atoms with Gasteiger partial charge in [-0.3, -0.25) is 0 Å². The molecular weight excluding hydrogens is 244 g/mol. The van der Waals surface area contributed by atoms with Crippen molar-refractivity contribution in [2.45, 2.75) is 32.4 Å². The van der Waals surface area contributed by atoms with Gasteiger partial charge in [0.15, 0.2) is 0 Å². The molecule has 1 aromatic heterocycles. The van der Waals surface area contributed by atoms with Gasteiger partial charge >= 0.3 is 0 Å². The molecule has 6 heteroatoms. The number of aromatic nitrogens is 1. The topological polar surface area (TPSA) is 59.1 Å². The fraction of sp³-hybridized carbons (Fsp3) is 0.700.